The zero-order valence-electron chi connectivity index (χ0n) is 14.7. The van der Waals surface area contributed by atoms with Gasteiger partial charge in [-0.1, -0.05) is 39.7 Å². The van der Waals surface area contributed by atoms with Gasteiger partial charge in [-0.05, 0) is 38.2 Å². The average Bonchev–Trinajstić information content (AvgIpc) is 2.60. The van der Waals surface area contributed by atoms with Crippen LogP contribution in [-0.4, -0.2) is 34.3 Å². The molecule has 0 spiro atoms. The molecule has 1 aliphatic heterocycles. The van der Waals surface area contributed by atoms with Crippen LogP contribution in [0.2, 0.25) is 0 Å². The zero-order chi connectivity index (χ0) is 17.1. The molecule has 1 heterocycles. The number of allylic oxidation sites excluding steroid dienone is 1. The molecule has 4 nitrogen and oxygen atoms in total. The van der Waals surface area contributed by atoms with Gasteiger partial charge in [0.1, 0.15) is 16.9 Å². The highest BCUT2D eigenvalue weighted by molar-refractivity contribution is 6.21. The van der Waals surface area contributed by atoms with Crippen molar-refractivity contribution in [2.24, 2.45) is 5.92 Å². The molecule has 4 heteroatoms. The Balaban J connectivity index is 3.42. The number of rotatable bonds is 7. The average molecular weight is 307 g/mol. The number of aliphatic hydroxyl groups is 1. The molecule has 22 heavy (non-hydrogen) atoms. The van der Waals surface area contributed by atoms with E-state index in [1.807, 2.05) is 6.92 Å². The molecule has 124 valence electrons. The third kappa shape index (κ3) is 3.11. The van der Waals surface area contributed by atoms with Crippen molar-refractivity contribution in [2.75, 3.05) is 7.05 Å². The summed E-state index contributed by atoms with van der Waals surface area (Å²) in [7, 11) is 1.67. The van der Waals surface area contributed by atoms with Crippen LogP contribution in [0.25, 0.3) is 0 Å². The first kappa shape index (κ1) is 18.5. The van der Waals surface area contributed by atoms with Crippen molar-refractivity contribution in [3.8, 4) is 0 Å². The summed E-state index contributed by atoms with van der Waals surface area (Å²) in [6, 6.07) is 0. The Labute approximate surface area is 133 Å². The predicted octanol–water partition coefficient (Wildman–Crippen LogP) is 3.78. The number of Topliss-reactive ketones (excluding diaryl/α,β-unsaturated/α-hetero) is 1. The van der Waals surface area contributed by atoms with Crippen molar-refractivity contribution in [3.63, 3.8) is 0 Å². The van der Waals surface area contributed by atoms with E-state index in [1.165, 1.54) is 11.8 Å². The molecule has 1 amide bonds. The van der Waals surface area contributed by atoms with Gasteiger partial charge in [0.25, 0.3) is 5.91 Å². The monoisotopic (exact) mass is 307 g/mol. The highest BCUT2D eigenvalue weighted by Gasteiger charge is 2.52. The number of hydrogen-bond acceptors (Lipinski definition) is 3. The summed E-state index contributed by atoms with van der Waals surface area (Å²) in [5, 5.41) is 10.7. The summed E-state index contributed by atoms with van der Waals surface area (Å²) < 4.78 is 0. The van der Waals surface area contributed by atoms with Crippen molar-refractivity contribution in [1.29, 1.82) is 0 Å². The van der Waals surface area contributed by atoms with Crippen LogP contribution in [0, 0.1) is 5.92 Å². The number of aliphatic hydroxyl groups excluding tert-OH is 1. The quantitative estimate of drug-likeness (QED) is 0.442. The van der Waals surface area contributed by atoms with E-state index in [1.54, 1.807) is 7.05 Å². The SMILES string of the molecule is CCCCC=C(C)C1(CC(C)C)C(O)=C(C(C)=O)C(=O)N1C. The Morgan fingerprint density at radius 1 is 1.36 bits per heavy atom. The van der Waals surface area contributed by atoms with E-state index in [0.29, 0.717) is 6.42 Å². The summed E-state index contributed by atoms with van der Waals surface area (Å²) >= 11 is 0. The molecule has 0 aliphatic carbocycles. The van der Waals surface area contributed by atoms with Crippen LogP contribution in [0.3, 0.4) is 0 Å². The minimum atomic E-state index is -0.875. The maximum atomic E-state index is 12.4. The van der Waals surface area contributed by atoms with Crippen LogP contribution in [0.4, 0.5) is 0 Å². The van der Waals surface area contributed by atoms with Crippen LogP contribution in [0.15, 0.2) is 23.0 Å². The van der Waals surface area contributed by atoms with Crippen LogP contribution in [0.5, 0.6) is 0 Å². The van der Waals surface area contributed by atoms with Crippen molar-refractivity contribution >= 4 is 11.7 Å². The number of carbonyl (C=O) groups is 2. The van der Waals surface area contributed by atoms with E-state index in [9.17, 15) is 14.7 Å². The maximum absolute atomic E-state index is 12.4. The number of unbranched alkanes of at least 4 members (excludes halogenated alkanes) is 2. The normalized spacial score (nSPS) is 23.0. The summed E-state index contributed by atoms with van der Waals surface area (Å²) in [6.45, 7) is 9.51. The van der Waals surface area contributed by atoms with Crippen molar-refractivity contribution in [2.45, 2.75) is 65.8 Å². The Morgan fingerprint density at radius 2 is 1.95 bits per heavy atom. The second kappa shape index (κ2) is 7.12. The molecule has 0 saturated carbocycles. The molecular formula is C18H29NO3. The first-order chi connectivity index (χ1) is 10.2. The Bertz CT molecular complexity index is 516. The summed E-state index contributed by atoms with van der Waals surface area (Å²) in [5.74, 6) is -0.556. The van der Waals surface area contributed by atoms with Gasteiger partial charge in [0.15, 0.2) is 5.78 Å². The minimum absolute atomic E-state index is 0.0635. The highest BCUT2D eigenvalue weighted by atomic mass is 16.3. The molecule has 0 aromatic carbocycles. The Kier molecular flexibility index (Phi) is 5.98. The van der Waals surface area contributed by atoms with E-state index in [2.05, 4.69) is 26.8 Å². The van der Waals surface area contributed by atoms with Gasteiger partial charge in [-0.25, -0.2) is 0 Å². The lowest BCUT2D eigenvalue weighted by atomic mass is 9.80. The van der Waals surface area contributed by atoms with Crippen LogP contribution in [0.1, 0.15) is 60.3 Å². The smallest absolute Gasteiger partial charge is 0.261 e. The first-order valence-corrected chi connectivity index (χ1v) is 8.10. The van der Waals surface area contributed by atoms with Gasteiger partial charge in [-0.3, -0.25) is 9.59 Å². The largest absolute Gasteiger partial charge is 0.508 e. The number of likely N-dealkylation sites (N-methyl/N-ethyl adjacent to an activating group) is 1. The predicted molar refractivity (Wildman–Crippen MR) is 88.6 cm³/mol. The van der Waals surface area contributed by atoms with Gasteiger partial charge >= 0.3 is 0 Å². The lowest BCUT2D eigenvalue weighted by molar-refractivity contribution is -0.129. The molecule has 1 aliphatic rings. The lowest BCUT2D eigenvalue weighted by Crippen LogP contribution is -2.48. The lowest BCUT2D eigenvalue weighted by Gasteiger charge is -2.39. The van der Waals surface area contributed by atoms with Gasteiger partial charge in [0.05, 0.1) is 0 Å². The molecule has 0 radical (unpaired) electrons. The zero-order valence-corrected chi connectivity index (χ0v) is 14.7. The van der Waals surface area contributed by atoms with E-state index in [0.717, 1.165) is 24.8 Å². The van der Waals surface area contributed by atoms with Gasteiger partial charge < -0.3 is 10.0 Å². The van der Waals surface area contributed by atoms with Gasteiger partial charge in [0.2, 0.25) is 0 Å². The molecule has 1 atom stereocenters. The van der Waals surface area contributed by atoms with Gasteiger partial charge in [0, 0.05) is 7.05 Å². The Morgan fingerprint density at radius 3 is 2.36 bits per heavy atom. The molecule has 1 N–H and O–H groups in total. The van der Waals surface area contributed by atoms with Crippen molar-refractivity contribution < 1.29 is 14.7 Å². The fourth-order valence-electron chi connectivity index (χ4n) is 3.25. The second-order valence-electron chi connectivity index (χ2n) is 6.63. The second-order valence-corrected chi connectivity index (χ2v) is 6.63. The van der Waals surface area contributed by atoms with Crippen LogP contribution >= 0.6 is 0 Å². The van der Waals surface area contributed by atoms with E-state index in [-0.39, 0.29) is 28.9 Å². The third-order valence-electron chi connectivity index (χ3n) is 4.44. The number of nitrogens with zero attached hydrogens (tertiary/aromatic N) is 1. The molecular weight excluding hydrogens is 278 g/mol. The molecule has 1 unspecified atom stereocenters. The van der Waals surface area contributed by atoms with Crippen molar-refractivity contribution in [1.82, 2.24) is 4.90 Å². The first-order valence-electron chi connectivity index (χ1n) is 8.10. The number of hydrogen-bond donors (Lipinski definition) is 1. The summed E-state index contributed by atoms with van der Waals surface area (Å²) in [5.41, 5.74) is 0.00522. The van der Waals surface area contributed by atoms with E-state index in [4.69, 9.17) is 0 Å². The molecule has 1 rings (SSSR count). The number of carbonyl (C=O) groups excluding carboxylic acids is 2. The molecule has 0 saturated heterocycles. The van der Waals surface area contributed by atoms with Gasteiger partial charge in [-0.15, -0.1) is 0 Å². The van der Waals surface area contributed by atoms with E-state index >= 15 is 0 Å². The highest BCUT2D eigenvalue weighted by Crippen LogP contribution is 2.43. The molecule has 0 aromatic heterocycles. The standard InChI is InChI=1S/C18H29NO3/c1-7-8-9-10-13(4)18(11-12(2)3)16(21)15(14(5)20)17(22)19(18)6/h10,12,21H,7-9,11H2,1-6H3. The van der Waals surface area contributed by atoms with E-state index < -0.39 is 5.54 Å². The summed E-state index contributed by atoms with van der Waals surface area (Å²) in [4.78, 5) is 25.8. The number of amides is 1. The molecule has 0 aromatic rings. The topological polar surface area (TPSA) is 57.6 Å². The molecule has 0 fully saturated rings. The third-order valence-corrected chi connectivity index (χ3v) is 4.44. The maximum Gasteiger partial charge on any atom is 0.261 e. The van der Waals surface area contributed by atoms with Crippen LogP contribution < -0.4 is 0 Å². The van der Waals surface area contributed by atoms with Crippen LogP contribution in [-0.2, 0) is 9.59 Å². The fourth-order valence-corrected chi connectivity index (χ4v) is 3.25. The Hall–Kier alpha value is -1.58. The van der Waals surface area contributed by atoms with Gasteiger partial charge in [-0.2, -0.15) is 0 Å². The molecule has 0 bridgehead atoms. The fraction of sp³-hybridized carbons (Fsp3) is 0.667. The number of ketones is 1. The minimum Gasteiger partial charge on any atom is -0.508 e. The van der Waals surface area contributed by atoms with Crippen molar-refractivity contribution in [3.05, 3.63) is 23.0 Å². The summed E-state index contributed by atoms with van der Waals surface area (Å²) in [6.07, 6.45) is 5.77.